The molecule has 1 unspecified atom stereocenters. The maximum Gasteiger partial charge on any atom is 0.0446 e. The monoisotopic (exact) mass is 288 g/mol. The van der Waals surface area contributed by atoms with Gasteiger partial charge in [0.25, 0.3) is 0 Å². The van der Waals surface area contributed by atoms with Crippen LogP contribution in [-0.2, 0) is 6.54 Å². The highest BCUT2D eigenvalue weighted by Crippen LogP contribution is 2.30. The van der Waals surface area contributed by atoms with E-state index in [1.54, 1.807) is 0 Å². The van der Waals surface area contributed by atoms with Gasteiger partial charge in [0, 0.05) is 45.4 Å². The Balaban J connectivity index is 1.58. The zero-order valence-corrected chi connectivity index (χ0v) is 13.2. The lowest BCUT2D eigenvalue weighted by atomic mass is 10.1. The summed E-state index contributed by atoms with van der Waals surface area (Å²) in [5, 5.41) is 9.37. The molecule has 1 saturated carbocycles. The number of piperazine rings is 1. The summed E-state index contributed by atoms with van der Waals surface area (Å²) < 4.78 is 0. The van der Waals surface area contributed by atoms with Crippen LogP contribution in [0.3, 0.4) is 0 Å². The van der Waals surface area contributed by atoms with Crippen LogP contribution in [0.2, 0.25) is 0 Å². The second-order valence-electron chi connectivity index (χ2n) is 6.83. The molecule has 0 bridgehead atoms. The molecule has 2 aliphatic rings. The van der Waals surface area contributed by atoms with Crippen molar-refractivity contribution in [3.05, 3.63) is 35.4 Å². The molecule has 2 fully saturated rings. The van der Waals surface area contributed by atoms with Crippen LogP contribution in [0, 0.1) is 12.8 Å². The minimum absolute atomic E-state index is 0.298. The second-order valence-corrected chi connectivity index (χ2v) is 6.83. The zero-order valence-electron chi connectivity index (χ0n) is 13.2. The Kier molecular flexibility index (Phi) is 4.94. The van der Waals surface area contributed by atoms with E-state index in [-0.39, 0.29) is 0 Å². The molecule has 1 aliphatic carbocycles. The summed E-state index contributed by atoms with van der Waals surface area (Å²) in [6.07, 6.45) is 3.75. The molecule has 21 heavy (non-hydrogen) atoms. The van der Waals surface area contributed by atoms with Gasteiger partial charge in [-0.25, -0.2) is 0 Å². The van der Waals surface area contributed by atoms with Crippen molar-refractivity contribution in [1.82, 2.24) is 9.80 Å². The first-order valence-corrected chi connectivity index (χ1v) is 8.37. The van der Waals surface area contributed by atoms with Crippen molar-refractivity contribution in [3.8, 4) is 0 Å². The molecule has 0 radical (unpaired) electrons. The maximum atomic E-state index is 9.37. The molecule has 3 heteroatoms. The number of hydrogen-bond acceptors (Lipinski definition) is 3. The molecule has 0 aromatic heterocycles. The van der Waals surface area contributed by atoms with Crippen LogP contribution in [0.25, 0.3) is 0 Å². The van der Waals surface area contributed by atoms with Gasteiger partial charge >= 0.3 is 0 Å². The lowest BCUT2D eigenvalue weighted by Gasteiger charge is -2.41. The van der Waals surface area contributed by atoms with E-state index in [9.17, 15) is 5.11 Å². The highest BCUT2D eigenvalue weighted by Gasteiger charge is 2.30. The van der Waals surface area contributed by atoms with Gasteiger partial charge in [0.2, 0.25) is 0 Å². The van der Waals surface area contributed by atoms with Crippen molar-refractivity contribution < 1.29 is 5.11 Å². The third-order valence-electron chi connectivity index (χ3n) is 4.87. The SMILES string of the molecule is Cc1ccc(CN2CCN(CC3CC3)CC2CCO)cc1. The Morgan fingerprint density at radius 1 is 1.14 bits per heavy atom. The lowest BCUT2D eigenvalue weighted by Crippen LogP contribution is -2.53. The van der Waals surface area contributed by atoms with Gasteiger partial charge < -0.3 is 10.0 Å². The summed E-state index contributed by atoms with van der Waals surface area (Å²) in [5.74, 6) is 0.962. The van der Waals surface area contributed by atoms with Crippen molar-refractivity contribution in [3.63, 3.8) is 0 Å². The largest absolute Gasteiger partial charge is 0.396 e. The normalized spacial score (nSPS) is 24.4. The van der Waals surface area contributed by atoms with Gasteiger partial charge in [-0.15, -0.1) is 0 Å². The van der Waals surface area contributed by atoms with Gasteiger partial charge in [-0.1, -0.05) is 29.8 Å². The van der Waals surface area contributed by atoms with Crippen LogP contribution in [-0.4, -0.2) is 53.7 Å². The van der Waals surface area contributed by atoms with Crippen LogP contribution < -0.4 is 0 Å². The van der Waals surface area contributed by atoms with Gasteiger partial charge in [-0.2, -0.15) is 0 Å². The lowest BCUT2D eigenvalue weighted by molar-refractivity contribution is 0.0515. The van der Waals surface area contributed by atoms with Crippen LogP contribution in [0.5, 0.6) is 0 Å². The Morgan fingerprint density at radius 2 is 1.90 bits per heavy atom. The molecule has 1 heterocycles. The fourth-order valence-electron chi connectivity index (χ4n) is 3.35. The predicted molar refractivity (Wildman–Crippen MR) is 86.2 cm³/mol. The molecule has 1 atom stereocenters. The summed E-state index contributed by atoms with van der Waals surface area (Å²) in [7, 11) is 0. The minimum Gasteiger partial charge on any atom is -0.396 e. The van der Waals surface area contributed by atoms with Gasteiger partial charge in [-0.05, 0) is 37.7 Å². The third kappa shape index (κ3) is 4.29. The van der Waals surface area contributed by atoms with Crippen molar-refractivity contribution >= 4 is 0 Å². The first-order chi connectivity index (χ1) is 10.2. The molecule has 1 N–H and O–H groups in total. The number of benzene rings is 1. The van der Waals surface area contributed by atoms with E-state index < -0.39 is 0 Å². The van der Waals surface area contributed by atoms with E-state index in [0.29, 0.717) is 12.6 Å². The van der Waals surface area contributed by atoms with Gasteiger partial charge in [-0.3, -0.25) is 4.90 Å². The van der Waals surface area contributed by atoms with Crippen LogP contribution >= 0.6 is 0 Å². The van der Waals surface area contributed by atoms with Crippen molar-refractivity contribution in [2.24, 2.45) is 5.92 Å². The first-order valence-electron chi connectivity index (χ1n) is 8.37. The Bertz CT molecular complexity index is 441. The van der Waals surface area contributed by atoms with Crippen molar-refractivity contribution in [1.29, 1.82) is 0 Å². The number of aryl methyl sites for hydroxylation is 1. The predicted octanol–water partition coefficient (Wildman–Crippen LogP) is 2.27. The number of nitrogens with zero attached hydrogens (tertiary/aromatic N) is 2. The fourth-order valence-corrected chi connectivity index (χ4v) is 3.35. The maximum absolute atomic E-state index is 9.37. The smallest absolute Gasteiger partial charge is 0.0446 e. The summed E-state index contributed by atoms with van der Waals surface area (Å²) in [6, 6.07) is 9.37. The van der Waals surface area contributed by atoms with Crippen LogP contribution in [0.15, 0.2) is 24.3 Å². The number of rotatable bonds is 6. The summed E-state index contributed by atoms with van der Waals surface area (Å²) in [6.45, 7) is 8.17. The van der Waals surface area contributed by atoms with E-state index >= 15 is 0 Å². The Hall–Kier alpha value is -0.900. The fraction of sp³-hybridized carbons (Fsp3) is 0.667. The molecule has 3 rings (SSSR count). The first kappa shape index (κ1) is 15.0. The van der Waals surface area contributed by atoms with E-state index in [1.165, 1.54) is 37.1 Å². The molecular formula is C18H28N2O. The number of hydrogen-bond donors (Lipinski definition) is 1. The average Bonchev–Trinajstić information content (AvgIpc) is 3.28. The Labute approximate surface area is 128 Å². The van der Waals surface area contributed by atoms with Crippen molar-refractivity contribution in [2.75, 3.05) is 32.8 Å². The minimum atomic E-state index is 0.298. The molecule has 116 valence electrons. The van der Waals surface area contributed by atoms with E-state index in [1.807, 2.05) is 0 Å². The molecule has 1 aliphatic heterocycles. The quantitative estimate of drug-likeness (QED) is 0.870. The average molecular weight is 288 g/mol. The van der Waals surface area contributed by atoms with Crippen LogP contribution in [0.1, 0.15) is 30.4 Å². The molecule has 1 aromatic carbocycles. The van der Waals surface area contributed by atoms with Crippen molar-refractivity contribution in [2.45, 2.75) is 38.8 Å². The Morgan fingerprint density at radius 3 is 2.57 bits per heavy atom. The van der Waals surface area contributed by atoms with Crippen LogP contribution in [0.4, 0.5) is 0 Å². The molecule has 0 amide bonds. The van der Waals surface area contributed by atoms with E-state index in [0.717, 1.165) is 32.0 Å². The summed E-state index contributed by atoms with van der Waals surface area (Å²) in [5.41, 5.74) is 2.71. The van der Waals surface area contributed by atoms with E-state index in [4.69, 9.17) is 0 Å². The topological polar surface area (TPSA) is 26.7 Å². The summed E-state index contributed by atoms with van der Waals surface area (Å²) >= 11 is 0. The van der Waals surface area contributed by atoms with E-state index in [2.05, 4.69) is 41.0 Å². The second kappa shape index (κ2) is 6.91. The van der Waals surface area contributed by atoms with Gasteiger partial charge in [0.05, 0.1) is 0 Å². The molecule has 0 spiro atoms. The standard InChI is InChI=1S/C18H28N2O/c1-15-2-4-17(5-3-15)13-20-10-9-19(12-16-6-7-16)14-18(20)8-11-21/h2-5,16,18,21H,6-14H2,1H3. The highest BCUT2D eigenvalue weighted by molar-refractivity contribution is 5.21. The number of aliphatic hydroxyl groups excluding tert-OH is 1. The van der Waals surface area contributed by atoms with Gasteiger partial charge in [0.1, 0.15) is 0 Å². The zero-order chi connectivity index (χ0) is 14.7. The summed E-state index contributed by atoms with van der Waals surface area (Å²) in [4.78, 5) is 5.17. The third-order valence-corrected chi connectivity index (χ3v) is 4.87. The highest BCUT2D eigenvalue weighted by atomic mass is 16.3. The van der Waals surface area contributed by atoms with Gasteiger partial charge in [0.15, 0.2) is 0 Å². The number of aliphatic hydroxyl groups is 1. The molecule has 1 saturated heterocycles. The molecule has 3 nitrogen and oxygen atoms in total. The molecule has 1 aromatic rings. The molecular weight excluding hydrogens is 260 g/mol.